The molecule has 0 aromatic rings. The number of nitrogens with one attached hydrogen (secondary N) is 1. The van der Waals surface area contributed by atoms with Gasteiger partial charge in [-0.1, -0.05) is 6.92 Å². The van der Waals surface area contributed by atoms with Crippen molar-refractivity contribution in [1.82, 2.24) is 10.2 Å². The standard InChI is InChI=1S/C14H26N2O.ClH/c1-13(2-6-15-10-13)11-16-7-3-14(12-16)4-8-17-9-5-14;/h15H,2-12H2,1H3;1H. The molecule has 1 unspecified atom stereocenters. The largest absolute Gasteiger partial charge is 0.381 e. The van der Waals surface area contributed by atoms with E-state index in [9.17, 15) is 0 Å². The summed E-state index contributed by atoms with van der Waals surface area (Å²) in [5.41, 5.74) is 1.14. The number of rotatable bonds is 2. The summed E-state index contributed by atoms with van der Waals surface area (Å²) in [4.78, 5) is 2.72. The summed E-state index contributed by atoms with van der Waals surface area (Å²) in [5, 5.41) is 3.51. The fourth-order valence-electron chi connectivity index (χ4n) is 3.92. The van der Waals surface area contributed by atoms with E-state index in [1.165, 1.54) is 58.4 Å². The minimum Gasteiger partial charge on any atom is -0.381 e. The maximum absolute atomic E-state index is 5.52. The molecule has 0 aliphatic carbocycles. The van der Waals surface area contributed by atoms with Crippen molar-refractivity contribution in [3.63, 3.8) is 0 Å². The van der Waals surface area contributed by atoms with Crippen LogP contribution in [0.1, 0.15) is 32.6 Å². The van der Waals surface area contributed by atoms with Crippen molar-refractivity contribution in [2.24, 2.45) is 10.8 Å². The average molecular weight is 275 g/mol. The molecule has 3 aliphatic rings. The highest BCUT2D eigenvalue weighted by Crippen LogP contribution is 2.41. The fourth-order valence-corrected chi connectivity index (χ4v) is 3.92. The molecule has 3 fully saturated rings. The molecule has 3 nitrogen and oxygen atoms in total. The summed E-state index contributed by atoms with van der Waals surface area (Å²) in [7, 11) is 0. The van der Waals surface area contributed by atoms with Gasteiger partial charge in [0.2, 0.25) is 0 Å². The summed E-state index contributed by atoms with van der Waals surface area (Å²) in [6.45, 7) is 10.8. The lowest BCUT2D eigenvalue weighted by molar-refractivity contribution is 0.0177. The maximum atomic E-state index is 5.52. The first-order valence-corrected chi connectivity index (χ1v) is 7.21. The van der Waals surface area contributed by atoms with Gasteiger partial charge in [-0.05, 0) is 49.6 Å². The Kier molecular flexibility index (Phi) is 4.58. The fraction of sp³-hybridized carbons (Fsp3) is 1.00. The summed E-state index contributed by atoms with van der Waals surface area (Å²) < 4.78 is 5.52. The predicted octanol–water partition coefficient (Wildman–Crippen LogP) is 1.91. The molecular formula is C14H27ClN2O. The van der Waals surface area contributed by atoms with Crippen LogP contribution in [0, 0.1) is 10.8 Å². The number of hydrogen-bond donors (Lipinski definition) is 1. The molecular weight excluding hydrogens is 248 g/mol. The van der Waals surface area contributed by atoms with Crippen molar-refractivity contribution in [1.29, 1.82) is 0 Å². The van der Waals surface area contributed by atoms with E-state index in [1.807, 2.05) is 0 Å². The third kappa shape index (κ3) is 3.01. The van der Waals surface area contributed by atoms with Crippen LogP contribution in [0.5, 0.6) is 0 Å². The summed E-state index contributed by atoms with van der Waals surface area (Å²) in [6, 6.07) is 0. The van der Waals surface area contributed by atoms with Gasteiger partial charge in [0.25, 0.3) is 0 Å². The Morgan fingerprint density at radius 1 is 1.17 bits per heavy atom. The normalized spacial score (nSPS) is 35.8. The Balaban J connectivity index is 0.00000120. The molecule has 106 valence electrons. The van der Waals surface area contributed by atoms with Gasteiger partial charge in [0, 0.05) is 32.8 Å². The van der Waals surface area contributed by atoms with Gasteiger partial charge in [-0.15, -0.1) is 12.4 Å². The lowest BCUT2D eigenvalue weighted by Crippen LogP contribution is -2.38. The van der Waals surface area contributed by atoms with E-state index in [1.54, 1.807) is 0 Å². The molecule has 1 atom stereocenters. The van der Waals surface area contributed by atoms with E-state index >= 15 is 0 Å². The average Bonchev–Trinajstić information content (AvgIpc) is 2.89. The first-order chi connectivity index (χ1) is 8.20. The lowest BCUT2D eigenvalue weighted by atomic mass is 9.79. The second-order valence-corrected chi connectivity index (χ2v) is 6.81. The molecule has 4 heteroatoms. The van der Waals surface area contributed by atoms with Crippen molar-refractivity contribution in [3.8, 4) is 0 Å². The maximum Gasteiger partial charge on any atom is 0.0471 e. The Morgan fingerprint density at radius 3 is 2.61 bits per heavy atom. The SMILES string of the molecule is CC1(CN2CCC3(CCOCC3)C2)CCNC1.Cl. The van der Waals surface area contributed by atoms with Crippen molar-refractivity contribution in [2.75, 3.05) is 45.9 Å². The smallest absolute Gasteiger partial charge is 0.0471 e. The molecule has 3 rings (SSSR count). The number of nitrogens with zero attached hydrogens (tertiary/aromatic N) is 1. The van der Waals surface area contributed by atoms with Gasteiger partial charge >= 0.3 is 0 Å². The zero-order valence-electron chi connectivity index (χ0n) is 11.5. The van der Waals surface area contributed by atoms with Crippen LogP contribution in [-0.2, 0) is 4.74 Å². The van der Waals surface area contributed by atoms with Gasteiger partial charge in [-0.25, -0.2) is 0 Å². The van der Waals surface area contributed by atoms with Crippen molar-refractivity contribution < 1.29 is 4.74 Å². The zero-order valence-corrected chi connectivity index (χ0v) is 12.4. The number of likely N-dealkylation sites (tertiary alicyclic amines) is 1. The van der Waals surface area contributed by atoms with Crippen LogP contribution in [0.3, 0.4) is 0 Å². The second kappa shape index (κ2) is 5.66. The molecule has 0 aromatic carbocycles. The minimum absolute atomic E-state index is 0. The van der Waals surface area contributed by atoms with E-state index in [0.29, 0.717) is 10.8 Å². The van der Waals surface area contributed by atoms with Crippen LogP contribution < -0.4 is 5.32 Å². The Hall–Kier alpha value is 0.170. The first-order valence-electron chi connectivity index (χ1n) is 7.21. The molecule has 0 radical (unpaired) electrons. The molecule has 0 amide bonds. The summed E-state index contributed by atoms with van der Waals surface area (Å²) >= 11 is 0. The molecule has 18 heavy (non-hydrogen) atoms. The molecule has 0 saturated carbocycles. The topological polar surface area (TPSA) is 24.5 Å². The van der Waals surface area contributed by atoms with Crippen molar-refractivity contribution in [3.05, 3.63) is 0 Å². The van der Waals surface area contributed by atoms with Crippen LogP contribution in [0.2, 0.25) is 0 Å². The highest BCUT2D eigenvalue weighted by atomic mass is 35.5. The number of halogens is 1. The van der Waals surface area contributed by atoms with Gasteiger partial charge < -0.3 is 15.0 Å². The van der Waals surface area contributed by atoms with E-state index < -0.39 is 0 Å². The number of ether oxygens (including phenoxy) is 1. The van der Waals surface area contributed by atoms with Crippen molar-refractivity contribution in [2.45, 2.75) is 32.6 Å². The number of hydrogen-bond acceptors (Lipinski definition) is 3. The van der Waals surface area contributed by atoms with Crippen LogP contribution in [0.15, 0.2) is 0 Å². The monoisotopic (exact) mass is 274 g/mol. The van der Waals surface area contributed by atoms with Crippen molar-refractivity contribution >= 4 is 12.4 Å². The van der Waals surface area contributed by atoms with Crippen LogP contribution in [0.4, 0.5) is 0 Å². The highest BCUT2D eigenvalue weighted by Gasteiger charge is 2.41. The Labute approximate surface area is 117 Å². The third-order valence-electron chi connectivity index (χ3n) is 5.13. The molecule has 0 aromatic heterocycles. The summed E-state index contributed by atoms with van der Waals surface area (Å²) in [6.07, 6.45) is 5.33. The summed E-state index contributed by atoms with van der Waals surface area (Å²) in [5.74, 6) is 0. The molecule has 1 spiro atoms. The van der Waals surface area contributed by atoms with Crippen LogP contribution in [0.25, 0.3) is 0 Å². The van der Waals surface area contributed by atoms with Gasteiger partial charge in [0.1, 0.15) is 0 Å². The molecule has 3 aliphatic heterocycles. The lowest BCUT2D eigenvalue weighted by Gasteiger charge is -2.35. The van der Waals surface area contributed by atoms with Gasteiger partial charge in [-0.2, -0.15) is 0 Å². The second-order valence-electron chi connectivity index (χ2n) is 6.81. The zero-order chi connectivity index (χ0) is 11.8. The van der Waals surface area contributed by atoms with Gasteiger partial charge in [-0.3, -0.25) is 0 Å². The predicted molar refractivity (Wildman–Crippen MR) is 76.4 cm³/mol. The quantitative estimate of drug-likeness (QED) is 0.833. The minimum atomic E-state index is 0. The highest BCUT2D eigenvalue weighted by molar-refractivity contribution is 5.85. The molecule has 3 saturated heterocycles. The Bertz CT molecular complexity index is 273. The molecule has 1 N–H and O–H groups in total. The van der Waals surface area contributed by atoms with E-state index in [-0.39, 0.29) is 12.4 Å². The van der Waals surface area contributed by atoms with Gasteiger partial charge in [0.15, 0.2) is 0 Å². The third-order valence-corrected chi connectivity index (χ3v) is 5.13. The van der Waals surface area contributed by atoms with Crippen LogP contribution >= 0.6 is 12.4 Å². The first kappa shape index (κ1) is 14.6. The molecule has 0 bridgehead atoms. The van der Waals surface area contributed by atoms with E-state index in [2.05, 4.69) is 17.1 Å². The van der Waals surface area contributed by atoms with E-state index in [4.69, 9.17) is 4.74 Å². The van der Waals surface area contributed by atoms with E-state index in [0.717, 1.165) is 13.2 Å². The van der Waals surface area contributed by atoms with Crippen LogP contribution in [-0.4, -0.2) is 50.8 Å². The Morgan fingerprint density at radius 2 is 1.94 bits per heavy atom. The molecule has 3 heterocycles. The van der Waals surface area contributed by atoms with Gasteiger partial charge in [0.05, 0.1) is 0 Å².